The molecule has 1 aliphatic heterocycles. The number of methoxy groups -OCH3 is 2. The Morgan fingerprint density at radius 2 is 1.61 bits per heavy atom. The predicted octanol–water partition coefficient (Wildman–Crippen LogP) is 5.54. The molecule has 3 heterocycles. The fraction of sp³-hybridized carbons (Fsp3) is 0.343. The van der Waals surface area contributed by atoms with Crippen LogP contribution in [0, 0.1) is 5.92 Å². The van der Waals surface area contributed by atoms with Crippen LogP contribution in [0.25, 0.3) is 11.2 Å². The first kappa shape index (κ1) is 34.2. The highest BCUT2D eigenvalue weighted by Crippen LogP contribution is 2.44. The number of hydrogen-bond donors (Lipinski definition) is 3. The van der Waals surface area contributed by atoms with Gasteiger partial charge in [0.25, 0.3) is 5.56 Å². The zero-order valence-corrected chi connectivity index (χ0v) is 28.5. The largest absolute Gasteiger partial charge is 0.695 e. The Balaban J connectivity index is 1.38. The van der Waals surface area contributed by atoms with Crippen LogP contribution in [0.1, 0.15) is 43.2 Å². The summed E-state index contributed by atoms with van der Waals surface area (Å²) in [6.45, 7) is 4.65. The van der Waals surface area contributed by atoms with Crippen molar-refractivity contribution in [1.29, 1.82) is 0 Å². The van der Waals surface area contributed by atoms with Crippen LogP contribution in [-0.2, 0) is 24.2 Å². The van der Waals surface area contributed by atoms with Gasteiger partial charge in [-0.25, -0.2) is 4.98 Å². The third-order valence-corrected chi connectivity index (χ3v) is 8.92. The van der Waals surface area contributed by atoms with Crippen LogP contribution in [-0.4, -0.2) is 64.0 Å². The van der Waals surface area contributed by atoms with Gasteiger partial charge in [-0.05, 0) is 46.9 Å². The number of benzene rings is 3. The molecule has 0 bridgehead atoms. The van der Waals surface area contributed by atoms with Gasteiger partial charge < -0.3 is 24.3 Å². The van der Waals surface area contributed by atoms with E-state index in [1.165, 1.54) is 6.33 Å². The zero-order valence-electron chi connectivity index (χ0n) is 27.6. The summed E-state index contributed by atoms with van der Waals surface area (Å²) >= 11 is 0. The summed E-state index contributed by atoms with van der Waals surface area (Å²) in [5.74, 6) is 2.00. The van der Waals surface area contributed by atoms with E-state index in [0.717, 1.165) is 16.7 Å². The minimum absolute atomic E-state index is 0.0425. The average molecular weight is 689 g/mol. The lowest BCUT2D eigenvalue weighted by Gasteiger charge is -2.37. The topological polar surface area (TPSA) is 159 Å². The SMILES string of the molecule is COc1ccc(C(OC[C@H]2O[C@@H](n3cnc4c(=O)[nH]c(NCC(C)C)nc43)C[C@@H]2O[P+](=O)O)(c2ccccc2)c2ccc(OC)cc2)cc1. The lowest BCUT2D eigenvalue weighted by atomic mass is 9.80. The van der Waals surface area contributed by atoms with Gasteiger partial charge in [0.1, 0.15) is 35.5 Å². The van der Waals surface area contributed by atoms with E-state index in [1.54, 1.807) is 18.8 Å². The van der Waals surface area contributed by atoms with Gasteiger partial charge in [0, 0.05) is 17.5 Å². The number of hydrogen-bond acceptors (Lipinski definition) is 10. The molecule has 0 radical (unpaired) electrons. The van der Waals surface area contributed by atoms with Crippen LogP contribution in [0.4, 0.5) is 5.95 Å². The molecule has 256 valence electrons. The molecule has 1 aliphatic rings. The van der Waals surface area contributed by atoms with Gasteiger partial charge in [-0.15, -0.1) is 9.42 Å². The zero-order chi connectivity index (χ0) is 34.5. The molecule has 3 N–H and O–H groups in total. The molecule has 0 aliphatic carbocycles. The lowest BCUT2D eigenvalue weighted by Crippen LogP contribution is -2.38. The molecule has 4 atom stereocenters. The molecule has 1 unspecified atom stereocenters. The quantitative estimate of drug-likeness (QED) is 0.0994. The molecule has 5 aromatic rings. The van der Waals surface area contributed by atoms with Gasteiger partial charge in [0.2, 0.25) is 5.95 Å². The van der Waals surface area contributed by atoms with Crippen molar-refractivity contribution in [2.45, 2.75) is 44.3 Å². The third-order valence-electron chi connectivity index (χ3n) is 8.46. The monoisotopic (exact) mass is 688 g/mol. The lowest BCUT2D eigenvalue weighted by molar-refractivity contribution is -0.0903. The van der Waals surface area contributed by atoms with E-state index in [4.69, 9.17) is 23.5 Å². The number of fused-ring (bicyclic) bond motifs is 1. The molecule has 3 aromatic carbocycles. The van der Waals surface area contributed by atoms with Gasteiger partial charge in [-0.1, -0.05) is 68.4 Å². The number of H-pyrrole nitrogens is 1. The number of aromatic nitrogens is 4. The number of imidazole rings is 1. The van der Waals surface area contributed by atoms with Crippen molar-refractivity contribution in [1.82, 2.24) is 19.5 Å². The molecule has 0 saturated carbocycles. The number of anilines is 1. The van der Waals surface area contributed by atoms with Gasteiger partial charge >= 0.3 is 8.25 Å². The van der Waals surface area contributed by atoms with Gasteiger partial charge in [0.15, 0.2) is 11.2 Å². The number of rotatable bonds is 14. The number of nitrogens with zero attached hydrogens (tertiary/aromatic N) is 3. The Kier molecular flexibility index (Phi) is 10.4. The standard InChI is InChI=1S/C35H38N5O8P/c1-22(2)19-36-34-38-32-31(33(41)39-34)37-21-40(32)30-18-28(48-49(42)43)29(47-30)20-46-35(23-8-6-5-7-9-23,24-10-14-26(44-3)15-11-24)25-12-16-27(45-4)17-13-25/h5-17,21-22,28-30H,18-20H2,1-4H3,(H2-,36,38,39,41,42,43)/p+1/t28-,29+,30+/m0/s1. The molecule has 2 aromatic heterocycles. The summed E-state index contributed by atoms with van der Waals surface area (Å²) < 4.78 is 43.6. The maximum absolute atomic E-state index is 12.9. The second-order valence-electron chi connectivity index (χ2n) is 12.1. The number of nitrogens with one attached hydrogen (secondary N) is 2. The molecule has 49 heavy (non-hydrogen) atoms. The normalized spacial score (nSPS) is 18.2. The number of aromatic amines is 1. The van der Waals surface area contributed by atoms with E-state index in [-0.39, 0.29) is 18.5 Å². The minimum atomic E-state index is -2.97. The van der Waals surface area contributed by atoms with Gasteiger partial charge in [-0.2, -0.15) is 4.98 Å². The fourth-order valence-electron chi connectivity index (χ4n) is 6.05. The minimum Gasteiger partial charge on any atom is -0.497 e. The molecule has 1 saturated heterocycles. The molecular formula is C35H39N5O8P+. The van der Waals surface area contributed by atoms with Crippen molar-refractivity contribution in [3.63, 3.8) is 0 Å². The summed E-state index contributed by atoms with van der Waals surface area (Å²) in [7, 11) is 0.246. The van der Waals surface area contributed by atoms with Crippen molar-refractivity contribution in [2.24, 2.45) is 5.92 Å². The summed E-state index contributed by atoms with van der Waals surface area (Å²) in [6, 6.07) is 25.0. The van der Waals surface area contributed by atoms with Crippen LogP contribution in [0.3, 0.4) is 0 Å². The Morgan fingerprint density at radius 3 is 2.18 bits per heavy atom. The first-order valence-electron chi connectivity index (χ1n) is 15.9. The van der Waals surface area contributed by atoms with E-state index >= 15 is 0 Å². The van der Waals surface area contributed by atoms with E-state index in [2.05, 4.69) is 20.3 Å². The van der Waals surface area contributed by atoms with E-state index in [0.29, 0.717) is 35.6 Å². The maximum Gasteiger partial charge on any atom is 0.695 e. The molecular weight excluding hydrogens is 649 g/mol. The predicted molar refractivity (Wildman–Crippen MR) is 183 cm³/mol. The Hall–Kier alpha value is -4.65. The Labute approximate surface area is 284 Å². The molecule has 0 amide bonds. The Morgan fingerprint density at radius 1 is 1.00 bits per heavy atom. The second-order valence-corrected chi connectivity index (χ2v) is 12.8. The van der Waals surface area contributed by atoms with Gasteiger partial charge in [0.05, 0.1) is 27.2 Å². The molecule has 14 heteroatoms. The average Bonchev–Trinajstić information content (AvgIpc) is 3.72. The maximum atomic E-state index is 12.9. The Bertz CT molecular complexity index is 1880. The van der Waals surface area contributed by atoms with Crippen LogP contribution in [0.15, 0.2) is 90.0 Å². The highest BCUT2D eigenvalue weighted by atomic mass is 31.1. The number of ether oxygens (including phenoxy) is 4. The molecule has 13 nitrogen and oxygen atoms in total. The summed E-state index contributed by atoms with van der Waals surface area (Å²) in [4.78, 5) is 34.3. The third kappa shape index (κ3) is 7.22. The fourth-order valence-corrected chi connectivity index (χ4v) is 6.50. The highest BCUT2D eigenvalue weighted by Gasteiger charge is 2.46. The van der Waals surface area contributed by atoms with Crippen molar-refractivity contribution in [3.8, 4) is 11.5 Å². The summed E-state index contributed by atoms with van der Waals surface area (Å²) in [5, 5.41) is 3.15. The smallest absolute Gasteiger partial charge is 0.497 e. The van der Waals surface area contributed by atoms with E-state index < -0.39 is 37.9 Å². The van der Waals surface area contributed by atoms with E-state index in [1.807, 2.05) is 92.7 Å². The summed E-state index contributed by atoms with van der Waals surface area (Å²) in [6.07, 6.45) is -0.704. The van der Waals surface area contributed by atoms with Crippen molar-refractivity contribution < 1.29 is 32.9 Å². The molecule has 1 fully saturated rings. The van der Waals surface area contributed by atoms with Crippen LogP contribution in [0.5, 0.6) is 11.5 Å². The van der Waals surface area contributed by atoms with Crippen LogP contribution >= 0.6 is 8.25 Å². The highest BCUT2D eigenvalue weighted by molar-refractivity contribution is 7.32. The van der Waals surface area contributed by atoms with Crippen molar-refractivity contribution in [3.05, 3.63) is 112 Å². The molecule has 6 rings (SSSR count). The van der Waals surface area contributed by atoms with Crippen LogP contribution in [0.2, 0.25) is 0 Å². The first-order chi connectivity index (χ1) is 23.7. The van der Waals surface area contributed by atoms with Gasteiger partial charge in [-0.3, -0.25) is 14.3 Å². The van der Waals surface area contributed by atoms with Crippen molar-refractivity contribution >= 4 is 25.4 Å². The summed E-state index contributed by atoms with van der Waals surface area (Å²) in [5.41, 5.74) is 1.38. The van der Waals surface area contributed by atoms with E-state index in [9.17, 15) is 14.3 Å². The van der Waals surface area contributed by atoms with Crippen LogP contribution < -0.4 is 20.3 Å². The first-order valence-corrected chi connectivity index (χ1v) is 17.0. The second kappa shape index (κ2) is 14.9. The molecule has 0 spiro atoms. The van der Waals surface area contributed by atoms with Crippen molar-refractivity contribution in [2.75, 3.05) is 32.7 Å².